The van der Waals surface area contributed by atoms with Gasteiger partial charge in [-0.1, -0.05) is 75.7 Å². The van der Waals surface area contributed by atoms with E-state index in [4.69, 9.17) is 11.5 Å². The maximum atomic E-state index is 13.8. The molecule has 8 amide bonds. The van der Waals surface area contributed by atoms with Crippen LogP contribution >= 0.6 is 0 Å². The number of nitrogens with one attached hydrogen (secondary N) is 8. The van der Waals surface area contributed by atoms with Crippen LogP contribution in [0, 0.1) is 29.6 Å². The smallest absolute Gasteiger partial charge is 0.326 e. The molecule has 24 nitrogen and oxygen atoms in total. The highest BCUT2D eigenvalue weighted by Crippen LogP contribution is 2.13. The zero-order valence-electron chi connectivity index (χ0n) is 42.6. The minimum Gasteiger partial charge on any atom is -0.481 e. The molecule has 0 rings (SSSR count). The molecule has 0 aromatic heterocycles. The number of hydrogen-bond acceptors (Lipinski definition) is 14. The summed E-state index contributed by atoms with van der Waals surface area (Å²) in [6.45, 7) is 15.7. The van der Waals surface area contributed by atoms with Crippen molar-refractivity contribution < 1.29 is 68.4 Å². The molecule has 0 aliphatic carbocycles. The van der Waals surface area contributed by atoms with Crippen molar-refractivity contribution in [2.24, 2.45) is 41.1 Å². The number of carboxylic acid groups (broad SMARTS) is 2. The topological polar surface area (TPSA) is 400 Å². The van der Waals surface area contributed by atoms with E-state index in [2.05, 4.69) is 42.5 Å². The molecule has 0 aromatic rings. The van der Waals surface area contributed by atoms with E-state index in [-0.39, 0.29) is 49.4 Å². The summed E-state index contributed by atoms with van der Waals surface area (Å²) in [4.78, 5) is 131. The number of rotatable bonds is 35. The van der Waals surface area contributed by atoms with Crippen LogP contribution in [0.2, 0.25) is 0 Å². The van der Waals surface area contributed by atoms with Crippen molar-refractivity contribution in [2.75, 3.05) is 19.8 Å². The molecular weight excluding hydrogens is 917 g/mol. The molecular formula is C46H84N10O14. The zero-order chi connectivity index (χ0) is 54.0. The Kier molecular flexibility index (Phi) is 30.6. The van der Waals surface area contributed by atoms with Gasteiger partial charge < -0.3 is 74.4 Å². The second-order valence-corrected chi connectivity index (χ2v) is 19.4. The van der Waals surface area contributed by atoms with Crippen LogP contribution in [0.1, 0.15) is 127 Å². The van der Waals surface area contributed by atoms with Gasteiger partial charge in [0.25, 0.3) is 0 Å². The van der Waals surface area contributed by atoms with Gasteiger partial charge in [-0.05, 0) is 81.1 Å². The van der Waals surface area contributed by atoms with Crippen LogP contribution in [0.5, 0.6) is 0 Å². The number of unbranched alkanes of at least 4 members (excludes halogenated alkanes) is 1. The average Bonchev–Trinajstić information content (AvgIpc) is 3.27. The van der Waals surface area contributed by atoms with Gasteiger partial charge in [-0.3, -0.25) is 43.2 Å². The summed E-state index contributed by atoms with van der Waals surface area (Å²) in [6.07, 6.45) is 0.696. The quantitative estimate of drug-likeness (QED) is 0.0308. The zero-order valence-corrected chi connectivity index (χ0v) is 42.6. The van der Waals surface area contributed by atoms with E-state index in [1.54, 1.807) is 62.3 Å². The first-order chi connectivity index (χ1) is 32.6. The molecule has 0 bridgehead atoms. The molecule has 0 saturated heterocycles. The molecule has 0 heterocycles. The summed E-state index contributed by atoms with van der Waals surface area (Å²) < 4.78 is 0. The van der Waals surface area contributed by atoms with E-state index in [1.807, 2.05) is 6.92 Å². The number of aliphatic hydroxyl groups excluding tert-OH is 2. The summed E-state index contributed by atoms with van der Waals surface area (Å²) >= 11 is 0. The van der Waals surface area contributed by atoms with Crippen molar-refractivity contribution in [3.8, 4) is 0 Å². The Morgan fingerprint density at radius 3 is 1.14 bits per heavy atom. The van der Waals surface area contributed by atoms with Crippen molar-refractivity contribution in [3.05, 3.63) is 0 Å². The second-order valence-electron chi connectivity index (χ2n) is 19.4. The number of carbonyl (C=O) groups excluding carboxylic acids is 8. The van der Waals surface area contributed by atoms with Gasteiger partial charge in [0.05, 0.1) is 19.3 Å². The lowest BCUT2D eigenvalue weighted by Crippen LogP contribution is -2.61. The molecule has 0 radical (unpaired) electrons. The first-order valence-corrected chi connectivity index (χ1v) is 24.2. The van der Waals surface area contributed by atoms with Gasteiger partial charge in [-0.25, -0.2) is 4.79 Å². The SMILES string of the molecule is CC[C@H](C)[C@H](N)C(=O)N[C@H](C(=O)N[C@@H](CCC(=O)O)C(=O)N[C@@H](CO)C(=O)N[C@@H](CC(C)C)C(=O)N[C@@H](CO)C(=O)N[C@@H](CC(C)C)C(=O)N[C@@H](CC(C)C)C(=O)N[C@@H](CCCCN)C(=O)O)C(C)C. The molecule has 0 aliphatic rings. The second kappa shape index (κ2) is 33.2. The van der Waals surface area contributed by atoms with Crippen LogP contribution in [0.15, 0.2) is 0 Å². The number of aliphatic carboxylic acids is 2. The molecule has 0 saturated carbocycles. The van der Waals surface area contributed by atoms with Crippen LogP contribution in [0.4, 0.5) is 0 Å². The van der Waals surface area contributed by atoms with Gasteiger partial charge >= 0.3 is 11.9 Å². The number of hydrogen-bond donors (Lipinski definition) is 14. The Morgan fingerprint density at radius 1 is 0.457 bits per heavy atom. The monoisotopic (exact) mass is 1000 g/mol. The first-order valence-electron chi connectivity index (χ1n) is 24.2. The maximum Gasteiger partial charge on any atom is 0.326 e. The first kappa shape index (κ1) is 64.5. The van der Waals surface area contributed by atoms with Crippen molar-refractivity contribution in [3.63, 3.8) is 0 Å². The summed E-state index contributed by atoms with van der Waals surface area (Å²) in [7, 11) is 0. The van der Waals surface area contributed by atoms with Crippen molar-refractivity contribution in [1.29, 1.82) is 0 Å². The summed E-state index contributed by atoms with van der Waals surface area (Å²) in [5.74, 6) is -11.1. The van der Waals surface area contributed by atoms with E-state index >= 15 is 0 Å². The van der Waals surface area contributed by atoms with Crippen LogP contribution in [0.3, 0.4) is 0 Å². The predicted molar refractivity (Wildman–Crippen MR) is 258 cm³/mol. The van der Waals surface area contributed by atoms with Gasteiger partial charge in [0.1, 0.15) is 48.3 Å². The molecule has 24 heteroatoms. The Balaban J connectivity index is 6.31. The molecule has 70 heavy (non-hydrogen) atoms. The summed E-state index contributed by atoms with van der Waals surface area (Å²) in [5, 5.41) is 59.3. The number of amides is 8. The lowest BCUT2D eigenvalue weighted by Gasteiger charge is -2.29. The van der Waals surface area contributed by atoms with E-state index in [1.165, 1.54) is 0 Å². The fraction of sp³-hybridized carbons (Fsp3) is 0.783. The molecule has 16 N–H and O–H groups in total. The van der Waals surface area contributed by atoms with Gasteiger partial charge in [0, 0.05) is 6.42 Å². The lowest BCUT2D eigenvalue weighted by molar-refractivity contribution is -0.142. The van der Waals surface area contributed by atoms with Crippen molar-refractivity contribution in [2.45, 2.75) is 181 Å². The number of carboxylic acids is 2. The van der Waals surface area contributed by atoms with E-state index in [9.17, 15) is 68.4 Å². The van der Waals surface area contributed by atoms with Gasteiger partial charge in [-0.2, -0.15) is 0 Å². The molecule has 0 aromatic carbocycles. The van der Waals surface area contributed by atoms with E-state index in [0.717, 1.165) is 0 Å². The van der Waals surface area contributed by atoms with Crippen LogP contribution in [0.25, 0.3) is 0 Å². The lowest BCUT2D eigenvalue weighted by atomic mass is 9.97. The number of aliphatic hydroxyl groups is 2. The van der Waals surface area contributed by atoms with Crippen LogP contribution in [-0.2, 0) is 47.9 Å². The third kappa shape index (κ3) is 24.4. The average molecular weight is 1000 g/mol. The minimum atomic E-state index is -1.76. The minimum absolute atomic E-state index is 0.0413. The Bertz CT molecular complexity index is 1730. The largest absolute Gasteiger partial charge is 0.481 e. The third-order valence-electron chi connectivity index (χ3n) is 11.3. The molecule has 0 aliphatic heterocycles. The maximum absolute atomic E-state index is 13.8. The highest BCUT2D eigenvalue weighted by atomic mass is 16.4. The summed E-state index contributed by atoms with van der Waals surface area (Å²) in [6, 6.07) is -12.3. The fourth-order valence-corrected chi connectivity index (χ4v) is 6.98. The highest BCUT2D eigenvalue weighted by Gasteiger charge is 2.36. The van der Waals surface area contributed by atoms with Crippen LogP contribution < -0.4 is 54.0 Å². The standard InChI is InChI=1S/C46H84N10O14/c1-11-27(10)36(48)44(67)56-37(26(8)9)45(68)49-28(15-16-35(59)60)38(61)54-33(21-57)42(65)53-32(20-25(6)7)41(64)55-34(22-58)43(66)52-31(19-24(4)5)40(63)51-30(18-23(2)3)39(62)50-29(46(69)70)14-12-13-17-47/h23-34,36-37,57-58H,11-22,47-48H2,1-10H3,(H,49,68)(H,50,62)(H,51,63)(H,52,66)(H,53,65)(H,54,61)(H,55,64)(H,56,67)(H,59,60)(H,69,70)/t27-,28-,29-,30-,31-,32-,33-,34-,36-,37-/m0/s1. The molecule has 0 fully saturated rings. The third-order valence-corrected chi connectivity index (χ3v) is 11.3. The molecule has 0 spiro atoms. The van der Waals surface area contributed by atoms with E-state index < -0.39 is 146 Å². The van der Waals surface area contributed by atoms with E-state index in [0.29, 0.717) is 25.8 Å². The van der Waals surface area contributed by atoms with Gasteiger partial charge in [-0.15, -0.1) is 0 Å². The Labute approximate surface area is 411 Å². The number of nitrogens with two attached hydrogens (primary N) is 2. The van der Waals surface area contributed by atoms with Gasteiger partial charge in [0.2, 0.25) is 47.3 Å². The van der Waals surface area contributed by atoms with Crippen molar-refractivity contribution in [1.82, 2.24) is 42.5 Å². The molecule has 10 atom stereocenters. The molecule has 402 valence electrons. The Morgan fingerprint density at radius 2 is 0.814 bits per heavy atom. The normalized spacial score (nSPS) is 15.7. The highest BCUT2D eigenvalue weighted by molar-refractivity contribution is 5.98. The van der Waals surface area contributed by atoms with Crippen molar-refractivity contribution >= 4 is 59.2 Å². The Hall–Kier alpha value is -5.46. The number of carbonyl (C=O) groups is 10. The predicted octanol–water partition coefficient (Wildman–Crippen LogP) is -1.90. The summed E-state index contributed by atoms with van der Waals surface area (Å²) in [5.41, 5.74) is 11.6. The fourth-order valence-electron chi connectivity index (χ4n) is 6.98. The molecule has 0 unspecified atom stereocenters. The van der Waals surface area contributed by atoms with Gasteiger partial charge in [0.15, 0.2) is 0 Å². The van der Waals surface area contributed by atoms with Crippen LogP contribution in [-0.4, -0.2) is 154 Å².